The number of pyridine rings is 1. The molecule has 0 bridgehead atoms. The second kappa shape index (κ2) is 12.9. The molecular formula is C29H32N2O7. The quantitative estimate of drug-likeness (QED) is 0.455. The second-order valence-corrected chi connectivity index (χ2v) is 9.09. The van der Waals surface area contributed by atoms with Gasteiger partial charge in [-0.1, -0.05) is 48.5 Å². The number of amides is 1. The number of nitrogens with one attached hydrogen (secondary N) is 1. The molecule has 0 spiro atoms. The first-order chi connectivity index (χ1) is 18.5. The predicted molar refractivity (Wildman–Crippen MR) is 139 cm³/mol. The number of hydrogen-bond donors (Lipinski definition) is 2. The number of aromatic nitrogens is 1. The van der Waals surface area contributed by atoms with Crippen LogP contribution in [0.4, 0.5) is 0 Å². The lowest BCUT2D eigenvalue weighted by Gasteiger charge is -2.34. The Balaban J connectivity index is 1.53. The molecule has 9 nitrogen and oxygen atoms in total. The average molecular weight is 521 g/mol. The lowest BCUT2D eigenvalue weighted by atomic mass is 9.88. The topological polar surface area (TPSA) is 116 Å². The van der Waals surface area contributed by atoms with E-state index < -0.39 is 35.9 Å². The molecule has 2 N–H and O–H groups in total. The van der Waals surface area contributed by atoms with E-state index in [1.165, 1.54) is 19.4 Å². The minimum Gasteiger partial charge on any atom is -0.503 e. The van der Waals surface area contributed by atoms with Crippen LogP contribution in [0.3, 0.4) is 0 Å². The van der Waals surface area contributed by atoms with Crippen LogP contribution in [0, 0.1) is 5.92 Å². The SMILES string of the molecule is COc1ccnc(C(=O)N[C@H]2COCC[C@H](Cc3ccccc3)[C@@H](Oc3ccccc3)[C@H](C)OC2=O)c1O. The van der Waals surface area contributed by atoms with Gasteiger partial charge < -0.3 is 29.4 Å². The number of hydrogen-bond acceptors (Lipinski definition) is 8. The highest BCUT2D eigenvalue weighted by Gasteiger charge is 2.35. The summed E-state index contributed by atoms with van der Waals surface area (Å²) in [6, 6.07) is 19.8. The summed E-state index contributed by atoms with van der Waals surface area (Å²) in [5.74, 6) is -1.10. The van der Waals surface area contributed by atoms with Gasteiger partial charge in [0.2, 0.25) is 0 Å². The highest BCUT2D eigenvalue weighted by Crippen LogP contribution is 2.28. The summed E-state index contributed by atoms with van der Waals surface area (Å²) in [5, 5.41) is 12.9. The van der Waals surface area contributed by atoms with Gasteiger partial charge in [0.05, 0.1) is 13.7 Å². The summed E-state index contributed by atoms with van der Waals surface area (Å²) in [7, 11) is 1.36. The average Bonchev–Trinajstić information content (AvgIpc) is 2.93. The number of carbonyl (C=O) groups excluding carboxylic acids is 2. The van der Waals surface area contributed by atoms with Crippen molar-refractivity contribution in [3.8, 4) is 17.2 Å². The number of carbonyl (C=O) groups is 2. The van der Waals surface area contributed by atoms with Gasteiger partial charge in [-0.15, -0.1) is 0 Å². The van der Waals surface area contributed by atoms with Crippen molar-refractivity contribution in [1.29, 1.82) is 0 Å². The van der Waals surface area contributed by atoms with E-state index >= 15 is 0 Å². The number of cyclic esters (lactones) is 1. The number of esters is 1. The molecule has 1 aromatic heterocycles. The van der Waals surface area contributed by atoms with E-state index in [0.717, 1.165) is 5.56 Å². The van der Waals surface area contributed by atoms with Crippen molar-refractivity contribution in [2.75, 3.05) is 20.3 Å². The number of nitrogens with zero attached hydrogens (tertiary/aromatic N) is 1. The number of aromatic hydroxyl groups is 1. The first-order valence-electron chi connectivity index (χ1n) is 12.5. The van der Waals surface area contributed by atoms with Crippen molar-refractivity contribution >= 4 is 11.9 Å². The first kappa shape index (κ1) is 26.9. The highest BCUT2D eigenvalue weighted by atomic mass is 16.6. The number of benzene rings is 2. The molecular weight excluding hydrogens is 488 g/mol. The maximum atomic E-state index is 13.2. The van der Waals surface area contributed by atoms with Gasteiger partial charge in [0, 0.05) is 24.8 Å². The van der Waals surface area contributed by atoms with E-state index in [2.05, 4.69) is 22.4 Å². The molecule has 200 valence electrons. The van der Waals surface area contributed by atoms with Crippen LogP contribution in [0.5, 0.6) is 17.2 Å². The van der Waals surface area contributed by atoms with Crippen molar-refractivity contribution in [2.24, 2.45) is 5.92 Å². The standard InChI is InChI=1S/C29H32N2O7/c1-19-27(38-22-11-7-4-8-12-22)21(17-20-9-5-3-6-10-20)14-16-36-18-23(29(34)37-19)31-28(33)25-26(32)24(35-2)13-15-30-25/h3-13,15,19,21,23,27,32H,14,16-18H2,1-2H3,(H,31,33)/t19-,21+,23-,27-/m0/s1. The maximum Gasteiger partial charge on any atom is 0.331 e. The minimum absolute atomic E-state index is 0.00974. The molecule has 38 heavy (non-hydrogen) atoms. The number of methoxy groups -OCH3 is 1. The third kappa shape index (κ3) is 6.80. The molecule has 4 atom stereocenters. The molecule has 0 unspecified atom stereocenters. The van der Waals surface area contributed by atoms with E-state index in [4.69, 9.17) is 18.9 Å². The lowest BCUT2D eigenvalue weighted by Crippen LogP contribution is -2.49. The zero-order valence-corrected chi connectivity index (χ0v) is 21.4. The predicted octanol–water partition coefficient (Wildman–Crippen LogP) is 3.55. The monoisotopic (exact) mass is 520 g/mol. The molecule has 1 aliphatic rings. The van der Waals surface area contributed by atoms with Gasteiger partial charge in [-0.05, 0) is 37.5 Å². The van der Waals surface area contributed by atoms with Crippen LogP contribution in [0.15, 0.2) is 72.9 Å². The minimum atomic E-state index is -1.11. The Bertz CT molecular complexity index is 1210. The summed E-state index contributed by atoms with van der Waals surface area (Å²) in [6.45, 7) is 2.05. The Morgan fingerprint density at radius 1 is 1.11 bits per heavy atom. The van der Waals surface area contributed by atoms with Crippen LogP contribution in [-0.4, -0.2) is 60.5 Å². The molecule has 9 heteroatoms. The number of rotatable bonds is 7. The fourth-order valence-electron chi connectivity index (χ4n) is 4.46. The van der Waals surface area contributed by atoms with Crippen LogP contribution in [-0.2, 0) is 20.7 Å². The highest BCUT2D eigenvalue weighted by molar-refractivity contribution is 5.98. The van der Waals surface area contributed by atoms with E-state index in [1.807, 2.05) is 48.5 Å². The molecule has 0 saturated carbocycles. The Morgan fingerprint density at radius 3 is 2.53 bits per heavy atom. The molecule has 2 aromatic carbocycles. The fraction of sp³-hybridized carbons (Fsp3) is 0.345. The van der Waals surface area contributed by atoms with E-state index in [9.17, 15) is 14.7 Å². The van der Waals surface area contributed by atoms with Crippen LogP contribution in [0.2, 0.25) is 0 Å². The van der Waals surface area contributed by atoms with Crippen LogP contribution >= 0.6 is 0 Å². The first-order valence-corrected chi connectivity index (χ1v) is 12.5. The normalized spacial score (nSPS) is 22.1. The second-order valence-electron chi connectivity index (χ2n) is 9.09. The van der Waals surface area contributed by atoms with Crippen molar-refractivity contribution in [3.05, 3.63) is 84.2 Å². The zero-order valence-electron chi connectivity index (χ0n) is 21.4. The largest absolute Gasteiger partial charge is 0.503 e. The molecule has 0 aliphatic carbocycles. The molecule has 1 amide bonds. The van der Waals surface area contributed by atoms with Gasteiger partial charge in [-0.3, -0.25) is 4.79 Å². The molecule has 4 rings (SSSR count). The lowest BCUT2D eigenvalue weighted by molar-refractivity contribution is -0.160. The fourth-order valence-corrected chi connectivity index (χ4v) is 4.46. The van der Waals surface area contributed by atoms with Crippen molar-refractivity contribution in [2.45, 2.75) is 38.0 Å². The molecule has 3 aromatic rings. The third-order valence-electron chi connectivity index (χ3n) is 6.41. The van der Waals surface area contributed by atoms with Crippen LogP contribution in [0.25, 0.3) is 0 Å². The number of ether oxygens (including phenoxy) is 4. The summed E-state index contributed by atoms with van der Waals surface area (Å²) in [6.07, 6.45) is 1.59. The van der Waals surface area contributed by atoms with Gasteiger partial charge in [0.25, 0.3) is 5.91 Å². The summed E-state index contributed by atoms with van der Waals surface area (Å²) >= 11 is 0. The van der Waals surface area contributed by atoms with Gasteiger partial charge in [0.15, 0.2) is 23.2 Å². The Morgan fingerprint density at radius 2 is 1.82 bits per heavy atom. The summed E-state index contributed by atoms with van der Waals surface area (Å²) in [5.41, 5.74) is 0.876. The third-order valence-corrected chi connectivity index (χ3v) is 6.41. The van der Waals surface area contributed by atoms with Gasteiger partial charge in [-0.2, -0.15) is 0 Å². The molecule has 1 fully saturated rings. The zero-order chi connectivity index (χ0) is 26.9. The van der Waals surface area contributed by atoms with E-state index in [1.54, 1.807) is 6.92 Å². The van der Waals surface area contributed by atoms with Gasteiger partial charge in [0.1, 0.15) is 18.0 Å². The molecule has 1 saturated heterocycles. The van der Waals surface area contributed by atoms with Crippen molar-refractivity contribution in [3.63, 3.8) is 0 Å². The molecule has 1 aliphatic heterocycles. The van der Waals surface area contributed by atoms with Gasteiger partial charge in [-0.25, -0.2) is 9.78 Å². The summed E-state index contributed by atoms with van der Waals surface area (Å²) in [4.78, 5) is 30.0. The molecule has 2 heterocycles. The summed E-state index contributed by atoms with van der Waals surface area (Å²) < 4.78 is 23.1. The smallest absolute Gasteiger partial charge is 0.331 e. The van der Waals surface area contributed by atoms with Gasteiger partial charge >= 0.3 is 5.97 Å². The van der Waals surface area contributed by atoms with Crippen LogP contribution in [0.1, 0.15) is 29.4 Å². The number of para-hydroxylation sites is 1. The Hall–Kier alpha value is -4.11. The maximum absolute atomic E-state index is 13.2. The van der Waals surface area contributed by atoms with Crippen molar-refractivity contribution in [1.82, 2.24) is 10.3 Å². The molecule has 0 radical (unpaired) electrons. The van der Waals surface area contributed by atoms with E-state index in [0.29, 0.717) is 25.2 Å². The van der Waals surface area contributed by atoms with Crippen LogP contribution < -0.4 is 14.8 Å². The van der Waals surface area contributed by atoms with E-state index in [-0.39, 0.29) is 24.0 Å². The Labute approximate surface area is 221 Å². The van der Waals surface area contributed by atoms with Crippen molar-refractivity contribution < 1.29 is 33.6 Å². The Kier molecular flexibility index (Phi) is 9.16.